The summed E-state index contributed by atoms with van der Waals surface area (Å²) in [5.41, 5.74) is -1.72. The van der Waals surface area contributed by atoms with Crippen molar-refractivity contribution >= 4 is 22.5 Å². The first-order valence-electron chi connectivity index (χ1n) is 8.06. The molecule has 0 radical (unpaired) electrons. The lowest BCUT2D eigenvalue weighted by atomic mass is 10.0. The smallest absolute Gasteiger partial charge is 0.229 e. The van der Waals surface area contributed by atoms with Crippen molar-refractivity contribution in [2.24, 2.45) is 0 Å². The molecule has 0 saturated carbocycles. The number of hydrogen-bond donors (Lipinski definition) is 0. The van der Waals surface area contributed by atoms with Crippen LogP contribution in [0, 0.1) is 11.6 Å². The Morgan fingerprint density at radius 1 is 0.857 bits per heavy atom. The Morgan fingerprint density at radius 2 is 1.61 bits per heavy atom. The fourth-order valence-corrected chi connectivity index (χ4v) is 3.24. The third-order valence-electron chi connectivity index (χ3n) is 4.27. The van der Waals surface area contributed by atoms with Crippen LogP contribution >= 0.6 is 11.6 Å². The molecule has 0 unspecified atom stereocenters. The van der Waals surface area contributed by atoms with Crippen molar-refractivity contribution < 1.29 is 22.0 Å². The van der Waals surface area contributed by atoms with Gasteiger partial charge in [-0.25, -0.2) is 13.5 Å². The first-order valence-corrected chi connectivity index (χ1v) is 8.44. The lowest BCUT2D eigenvalue weighted by Gasteiger charge is -2.09. The van der Waals surface area contributed by atoms with Crippen LogP contribution in [0.3, 0.4) is 0 Å². The molecule has 0 spiro atoms. The summed E-state index contributed by atoms with van der Waals surface area (Å²) in [4.78, 5) is 0. The maximum absolute atomic E-state index is 15.4. The van der Waals surface area contributed by atoms with E-state index in [0.717, 1.165) is 22.9 Å². The topological polar surface area (TPSA) is 17.8 Å². The standard InChI is InChI=1S/C20H10ClF5N2/c21-11-4-3-5-12(10-11)28-18-15(19(27-28)20(24,25)26)9-8-14(17(18)23)13-6-1-2-7-16(13)22/h1-10H. The van der Waals surface area contributed by atoms with Crippen LogP contribution in [0.15, 0.2) is 60.7 Å². The number of halogens is 6. The molecule has 0 amide bonds. The van der Waals surface area contributed by atoms with E-state index in [1.807, 2.05) is 0 Å². The molecule has 2 nitrogen and oxygen atoms in total. The number of benzene rings is 3. The number of fused-ring (bicyclic) bond motifs is 1. The average molecular weight is 409 g/mol. The maximum atomic E-state index is 15.4. The van der Waals surface area contributed by atoms with E-state index < -0.39 is 34.4 Å². The highest BCUT2D eigenvalue weighted by atomic mass is 35.5. The predicted octanol–water partition coefficient (Wildman–Crippen LogP) is 6.64. The van der Waals surface area contributed by atoms with Crippen LogP contribution in [-0.4, -0.2) is 9.78 Å². The van der Waals surface area contributed by atoms with Crippen molar-refractivity contribution in [2.45, 2.75) is 6.18 Å². The van der Waals surface area contributed by atoms with E-state index in [0.29, 0.717) is 0 Å². The zero-order chi connectivity index (χ0) is 20.1. The van der Waals surface area contributed by atoms with Gasteiger partial charge in [-0.1, -0.05) is 41.9 Å². The number of aromatic nitrogens is 2. The molecule has 0 aliphatic rings. The molecule has 142 valence electrons. The van der Waals surface area contributed by atoms with Crippen molar-refractivity contribution in [1.29, 1.82) is 0 Å². The normalized spacial score (nSPS) is 11.9. The van der Waals surface area contributed by atoms with Gasteiger partial charge in [-0.3, -0.25) is 0 Å². The SMILES string of the molecule is Fc1ccccc1-c1ccc2c(C(F)(F)F)nn(-c3cccc(Cl)c3)c2c1F. The van der Waals surface area contributed by atoms with E-state index in [2.05, 4.69) is 5.10 Å². The second-order valence-electron chi connectivity index (χ2n) is 6.04. The molecule has 0 aliphatic heterocycles. The van der Waals surface area contributed by atoms with Gasteiger partial charge in [-0.05, 0) is 30.3 Å². The molecule has 4 rings (SSSR count). The first kappa shape index (κ1) is 18.4. The van der Waals surface area contributed by atoms with Crippen LogP contribution in [0.4, 0.5) is 22.0 Å². The van der Waals surface area contributed by atoms with Gasteiger partial charge in [-0.2, -0.15) is 18.3 Å². The molecular weight excluding hydrogens is 399 g/mol. The molecule has 1 heterocycles. The summed E-state index contributed by atoms with van der Waals surface area (Å²) in [6.07, 6.45) is -4.80. The van der Waals surface area contributed by atoms with E-state index in [9.17, 15) is 17.6 Å². The fraction of sp³-hybridized carbons (Fsp3) is 0.0500. The Balaban J connectivity index is 2.09. The van der Waals surface area contributed by atoms with Gasteiger partial charge in [0.05, 0.1) is 5.69 Å². The van der Waals surface area contributed by atoms with Crippen molar-refractivity contribution in [1.82, 2.24) is 9.78 Å². The quantitative estimate of drug-likeness (QED) is 0.340. The summed E-state index contributed by atoms with van der Waals surface area (Å²) in [6, 6.07) is 13.5. The summed E-state index contributed by atoms with van der Waals surface area (Å²) in [5, 5.41) is 3.41. The molecule has 3 aromatic carbocycles. The molecule has 0 fully saturated rings. The molecule has 1 aromatic heterocycles. The van der Waals surface area contributed by atoms with E-state index >= 15 is 4.39 Å². The molecule has 8 heteroatoms. The number of rotatable bonds is 2. The van der Waals surface area contributed by atoms with E-state index in [4.69, 9.17) is 11.6 Å². The summed E-state index contributed by atoms with van der Waals surface area (Å²) in [7, 11) is 0. The van der Waals surface area contributed by atoms with Crippen LogP contribution in [0.2, 0.25) is 5.02 Å². The molecule has 0 saturated heterocycles. The van der Waals surface area contributed by atoms with Crippen LogP contribution in [0.1, 0.15) is 5.69 Å². The highest BCUT2D eigenvalue weighted by molar-refractivity contribution is 6.30. The van der Waals surface area contributed by atoms with Gasteiger partial charge in [0.2, 0.25) is 0 Å². The van der Waals surface area contributed by atoms with Gasteiger partial charge in [-0.15, -0.1) is 0 Å². The Morgan fingerprint density at radius 3 is 2.29 bits per heavy atom. The van der Waals surface area contributed by atoms with Crippen LogP contribution in [0.5, 0.6) is 0 Å². The Kier molecular flexibility index (Phi) is 4.34. The average Bonchev–Trinajstić information content (AvgIpc) is 3.04. The Bertz CT molecular complexity index is 1200. The second-order valence-corrected chi connectivity index (χ2v) is 6.48. The lowest BCUT2D eigenvalue weighted by Crippen LogP contribution is -2.07. The van der Waals surface area contributed by atoms with E-state index in [1.54, 1.807) is 0 Å². The molecular formula is C20H10ClF5N2. The highest BCUT2D eigenvalue weighted by Gasteiger charge is 2.38. The van der Waals surface area contributed by atoms with Gasteiger partial charge < -0.3 is 0 Å². The Hall–Kier alpha value is -2.93. The third-order valence-corrected chi connectivity index (χ3v) is 4.50. The lowest BCUT2D eigenvalue weighted by molar-refractivity contribution is -0.140. The van der Waals surface area contributed by atoms with Crippen LogP contribution in [0.25, 0.3) is 27.7 Å². The van der Waals surface area contributed by atoms with E-state index in [1.165, 1.54) is 42.5 Å². The van der Waals surface area contributed by atoms with Gasteiger partial charge in [0, 0.05) is 21.5 Å². The summed E-state index contributed by atoms with van der Waals surface area (Å²) in [6.45, 7) is 0. The summed E-state index contributed by atoms with van der Waals surface area (Å²) in [5.74, 6) is -1.70. The minimum Gasteiger partial charge on any atom is -0.229 e. The van der Waals surface area contributed by atoms with Crippen LogP contribution in [-0.2, 0) is 6.18 Å². The molecule has 28 heavy (non-hydrogen) atoms. The van der Waals surface area contributed by atoms with Crippen molar-refractivity contribution in [3.63, 3.8) is 0 Å². The number of nitrogens with zero attached hydrogens (tertiary/aromatic N) is 2. The van der Waals surface area contributed by atoms with Gasteiger partial charge in [0.15, 0.2) is 11.5 Å². The molecule has 0 atom stereocenters. The second kappa shape index (κ2) is 6.60. The summed E-state index contributed by atoms with van der Waals surface area (Å²) < 4.78 is 70.7. The van der Waals surface area contributed by atoms with Crippen LogP contribution < -0.4 is 0 Å². The minimum atomic E-state index is -4.80. The molecule has 4 aromatic rings. The fourth-order valence-electron chi connectivity index (χ4n) is 3.06. The Labute approximate surface area is 160 Å². The summed E-state index contributed by atoms with van der Waals surface area (Å²) >= 11 is 5.92. The minimum absolute atomic E-state index is 0.0608. The number of alkyl halides is 3. The third kappa shape index (κ3) is 3.01. The van der Waals surface area contributed by atoms with Gasteiger partial charge in [0.1, 0.15) is 11.3 Å². The number of hydrogen-bond acceptors (Lipinski definition) is 1. The van der Waals surface area contributed by atoms with Crippen molar-refractivity contribution in [3.05, 3.63) is 83.0 Å². The van der Waals surface area contributed by atoms with Crippen molar-refractivity contribution in [2.75, 3.05) is 0 Å². The van der Waals surface area contributed by atoms with E-state index in [-0.39, 0.29) is 21.8 Å². The zero-order valence-corrected chi connectivity index (χ0v) is 14.7. The molecule has 0 bridgehead atoms. The molecule has 0 aliphatic carbocycles. The van der Waals surface area contributed by atoms with Gasteiger partial charge in [0.25, 0.3) is 0 Å². The highest BCUT2D eigenvalue weighted by Crippen LogP contribution is 2.39. The van der Waals surface area contributed by atoms with Crippen molar-refractivity contribution in [3.8, 4) is 16.8 Å². The predicted molar refractivity (Wildman–Crippen MR) is 96.4 cm³/mol. The maximum Gasteiger partial charge on any atom is 0.435 e. The monoisotopic (exact) mass is 408 g/mol. The zero-order valence-electron chi connectivity index (χ0n) is 13.9. The van der Waals surface area contributed by atoms with Gasteiger partial charge >= 0.3 is 6.18 Å². The molecule has 0 N–H and O–H groups in total. The first-order chi connectivity index (χ1) is 13.3. The largest absolute Gasteiger partial charge is 0.435 e.